The average molecular weight is 271 g/mol. The molecule has 0 unspecified atom stereocenters. The normalized spacial score (nSPS) is 11.6. The quantitative estimate of drug-likeness (QED) is 0.855. The van der Waals surface area contributed by atoms with Gasteiger partial charge in [0.15, 0.2) is 0 Å². The standard InChI is InChI=1S/C11H17N3O3S/c1-4-7-14(3)18(16,17)13-11(15)10-5-6-12-9(2)8-10/h5-6,8H,4,7H2,1-3H3,(H,13,15). The Morgan fingerprint density at radius 3 is 2.72 bits per heavy atom. The summed E-state index contributed by atoms with van der Waals surface area (Å²) in [6, 6.07) is 3.00. The van der Waals surface area contributed by atoms with Crippen LogP contribution in [0.3, 0.4) is 0 Å². The predicted octanol–water partition coefficient (Wildman–Crippen LogP) is 0.706. The second-order valence-electron chi connectivity index (χ2n) is 3.94. The zero-order valence-electron chi connectivity index (χ0n) is 10.7. The monoisotopic (exact) mass is 271 g/mol. The van der Waals surface area contributed by atoms with Gasteiger partial charge in [0.25, 0.3) is 5.91 Å². The summed E-state index contributed by atoms with van der Waals surface area (Å²) in [6.07, 6.45) is 2.15. The van der Waals surface area contributed by atoms with E-state index < -0.39 is 16.1 Å². The summed E-state index contributed by atoms with van der Waals surface area (Å²) < 4.78 is 26.7. The van der Waals surface area contributed by atoms with Crippen LogP contribution >= 0.6 is 0 Å². The fraction of sp³-hybridized carbons (Fsp3) is 0.455. The minimum atomic E-state index is -3.77. The molecule has 1 N–H and O–H groups in total. The van der Waals surface area contributed by atoms with E-state index in [2.05, 4.69) is 4.98 Å². The first-order valence-corrected chi connectivity index (χ1v) is 7.02. The van der Waals surface area contributed by atoms with Crippen molar-refractivity contribution >= 4 is 16.1 Å². The van der Waals surface area contributed by atoms with Crippen LogP contribution in [0.1, 0.15) is 29.4 Å². The molecule has 7 heteroatoms. The molecule has 1 aromatic rings. The average Bonchev–Trinajstić information content (AvgIpc) is 2.28. The van der Waals surface area contributed by atoms with E-state index in [1.54, 1.807) is 6.92 Å². The molecule has 1 rings (SSSR count). The number of nitrogens with zero attached hydrogens (tertiary/aromatic N) is 2. The van der Waals surface area contributed by atoms with Gasteiger partial charge in [-0.3, -0.25) is 9.78 Å². The highest BCUT2D eigenvalue weighted by molar-refractivity contribution is 7.87. The number of amides is 1. The third kappa shape index (κ3) is 3.78. The lowest BCUT2D eigenvalue weighted by Crippen LogP contribution is -2.41. The van der Waals surface area contributed by atoms with Crippen molar-refractivity contribution in [1.29, 1.82) is 0 Å². The molecule has 0 aliphatic rings. The van der Waals surface area contributed by atoms with Crippen LogP contribution in [0.25, 0.3) is 0 Å². The maximum Gasteiger partial charge on any atom is 0.303 e. The van der Waals surface area contributed by atoms with E-state index in [1.807, 2.05) is 11.6 Å². The fourth-order valence-corrected chi connectivity index (χ4v) is 2.31. The van der Waals surface area contributed by atoms with E-state index in [0.29, 0.717) is 18.7 Å². The topological polar surface area (TPSA) is 79.4 Å². The Morgan fingerprint density at radius 2 is 2.17 bits per heavy atom. The van der Waals surface area contributed by atoms with Crippen molar-refractivity contribution in [3.63, 3.8) is 0 Å². The first-order valence-electron chi connectivity index (χ1n) is 5.58. The molecule has 0 saturated heterocycles. The Bertz CT molecular complexity index is 528. The van der Waals surface area contributed by atoms with Crippen LogP contribution in [0.15, 0.2) is 18.3 Å². The second kappa shape index (κ2) is 5.92. The zero-order valence-corrected chi connectivity index (χ0v) is 11.5. The molecule has 0 atom stereocenters. The van der Waals surface area contributed by atoms with Gasteiger partial charge < -0.3 is 0 Å². The smallest absolute Gasteiger partial charge is 0.268 e. The van der Waals surface area contributed by atoms with Gasteiger partial charge in [-0.05, 0) is 25.5 Å². The molecular weight excluding hydrogens is 254 g/mol. The largest absolute Gasteiger partial charge is 0.303 e. The van der Waals surface area contributed by atoms with Gasteiger partial charge in [0.05, 0.1) is 0 Å². The number of carbonyl (C=O) groups is 1. The molecule has 1 aromatic heterocycles. The second-order valence-corrected chi connectivity index (χ2v) is 5.72. The SMILES string of the molecule is CCCN(C)S(=O)(=O)NC(=O)c1ccnc(C)c1. The Labute approximate surface area is 107 Å². The molecule has 0 bridgehead atoms. The molecule has 0 aliphatic carbocycles. The van der Waals surface area contributed by atoms with Gasteiger partial charge in [0.2, 0.25) is 0 Å². The van der Waals surface area contributed by atoms with E-state index in [1.165, 1.54) is 25.4 Å². The highest BCUT2D eigenvalue weighted by atomic mass is 32.2. The van der Waals surface area contributed by atoms with Crippen molar-refractivity contribution in [2.24, 2.45) is 0 Å². The Morgan fingerprint density at radius 1 is 1.50 bits per heavy atom. The number of hydrogen-bond donors (Lipinski definition) is 1. The third-order valence-electron chi connectivity index (χ3n) is 2.33. The van der Waals surface area contributed by atoms with Crippen LogP contribution in [0.5, 0.6) is 0 Å². The van der Waals surface area contributed by atoms with Gasteiger partial charge in [-0.2, -0.15) is 12.7 Å². The number of aromatic nitrogens is 1. The Hall–Kier alpha value is -1.47. The fourth-order valence-electron chi connectivity index (χ4n) is 1.38. The van der Waals surface area contributed by atoms with E-state index in [-0.39, 0.29) is 5.56 Å². The first-order chi connectivity index (χ1) is 8.36. The molecule has 0 saturated carbocycles. The summed E-state index contributed by atoms with van der Waals surface area (Å²) in [5.41, 5.74) is 0.929. The number of hydrogen-bond acceptors (Lipinski definition) is 4. The van der Waals surface area contributed by atoms with Gasteiger partial charge in [-0.1, -0.05) is 6.92 Å². The maximum atomic E-state index is 11.8. The molecule has 0 aromatic carbocycles. The summed E-state index contributed by atoms with van der Waals surface area (Å²) in [5, 5.41) is 0. The molecular formula is C11H17N3O3S. The lowest BCUT2D eigenvalue weighted by atomic mass is 10.2. The van der Waals surface area contributed by atoms with Crippen molar-refractivity contribution in [2.45, 2.75) is 20.3 Å². The van der Waals surface area contributed by atoms with Crippen LogP contribution in [-0.4, -0.2) is 37.2 Å². The molecule has 100 valence electrons. The highest BCUT2D eigenvalue weighted by Gasteiger charge is 2.20. The summed E-state index contributed by atoms with van der Waals surface area (Å²) in [4.78, 5) is 15.7. The van der Waals surface area contributed by atoms with E-state index >= 15 is 0 Å². The van der Waals surface area contributed by atoms with E-state index in [4.69, 9.17) is 0 Å². The number of nitrogens with one attached hydrogen (secondary N) is 1. The van der Waals surface area contributed by atoms with Crippen LogP contribution < -0.4 is 4.72 Å². The van der Waals surface area contributed by atoms with Crippen molar-refractivity contribution in [2.75, 3.05) is 13.6 Å². The van der Waals surface area contributed by atoms with Gasteiger partial charge >= 0.3 is 10.2 Å². The molecule has 6 nitrogen and oxygen atoms in total. The van der Waals surface area contributed by atoms with Crippen LogP contribution in [0.2, 0.25) is 0 Å². The number of rotatable bonds is 5. The number of carbonyl (C=O) groups excluding carboxylic acids is 1. The van der Waals surface area contributed by atoms with Crippen LogP contribution in [-0.2, 0) is 10.2 Å². The van der Waals surface area contributed by atoms with E-state index in [9.17, 15) is 13.2 Å². The van der Waals surface area contributed by atoms with Gasteiger partial charge in [0, 0.05) is 31.0 Å². The van der Waals surface area contributed by atoms with E-state index in [0.717, 1.165) is 4.31 Å². The zero-order chi connectivity index (χ0) is 13.8. The van der Waals surface area contributed by atoms with Gasteiger partial charge in [0.1, 0.15) is 0 Å². The van der Waals surface area contributed by atoms with Gasteiger partial charge in [-0.25, -0.2) is 4.72 Å². The summed E-state index contributed by atoms with van der Waals surface area (Å²) in [6.45, 7) is 3.95. The summed E-state index contributed by atoms with van der Waals surface area (Å²) in [5.74, 6) is -0.650. The molecule has 1 heterocycles. The van der Waals surface area contributed by atoms with Crippen molar-refractivity contribution in [3.05, 3.63) is 29.6 Å². The van der Waals surface area contributed by atoms with Crippen molar-refractivity contribution in [3.8, 4) is 0 Å². The first kappa shape index (κ1) is 14.6. The minimum Gasteiger partial charge on any atom is -0.268 e. The lowest BCUT2D eigenvalue weighted by Gasteiger charge is -2.16. The molecule has 0 fully saturated rings. The summed E-state index contributed by atoms with van der Waals surface area (Å²) >= 11 is 0. The Balaban J connectivity index is 2.82. The van der Waals surface area contributed by atoms with Crippen LogP contribution in [0, 0.1) is 6.92 Å². The Kier molecular flexibility index (Phi) is 4.80. The lowest BCUT2D eigenvalue weighted by molar-refractivity contribution is 0.0979. The van der Waals surface area contributed by atoms with Crippen molar-refractivity contribution < 1.29 is 13.2 Å². The molecule has 0 aliphatic heterocycles. The van der Waals surface area contributed by atoms with Crippen LogP contribution in [0.4, 0.5) is 0 Å². The third-order valence-corrected chi connectivity index (χ3v) is 3.78. The molecule has 18 heavy (non-hydrogen) atoms. The summed E-state index contributed by atoms with van der Waals surface area (Å²) in [7, 11) is -2.34. The van der Waals surface area contributed by atoms with Gasteiger partial charge in [-0.15, -0.1) is 0 Å². The molecule has 0 radical (unpaired) electrons. The number of pyridine rings is 1. The predicted molar refractivity (Wildman–Crippen MR) is 68.3 cm³/mol. The molecule has 1 amide bonds. The minimum absolute atomic E-state index is 0.274. The highest BCUT2D eigenvalue weighted by Crippen LogP contribution is 2.03. The number of aryl methyl sites for hydroxylation is 1. The molecule has 0 spiro atoms. The van der Waals surface area contributed by atoms with Crippen molar-refractivity contribution in [1.82, 2.24) is 14.0 Å². The maximum absolute atomic E-state index is 11.8.